The maximum atomic E-state index is 11.5. The Balaban J connectivity index is 2.02. The Morgan fingerprint density at radius 3 is 2.84 bits per heavy atom. The summed E-state index contributed by atoms with van der Waals surface area (Å²) in [6.07, 6.45) is 2.19. The van der Waals surface area contributed by atoms with Crippen LogP contribution >= 0.6 is 11.3 Å². The first-order valence-electron chi connectivity index (χ1n) is 6.46. The Labute approximate surface area is 117 Å². The molecular formula is C13H20N2O3S. The number of hydrogen-bond donors (Lipinski definition) is 0. The van der Waals surface area contributed by atoms with Gasteiger partial charge in [-0.2, -0.15) is 0 Å². The Morgan fingerprint density at radius 1 is 1.53 bits per heavy atom. The molecule has 1 aliphatic heterocycles. The van der Waals surface area contributed by atoms with Crippen LogP contribution in [0.4, 0.5) is 5.13 Å². The number of aryl methyl sites for hydroxylation is 1. The van der Waals surface area contributed by atoms with Crippen LogP contribution in [0.1, 0.15) is 28.2 Å². The molecule has 1 saturated heterocycles. The van der Waals surface area contributed by atoms with Crippen LogP contribution in [0.2, 0.25) is 0 Å². The van der Waals surface area contributed by atoms with Gasteiger partial charge in [-0.1, -0.05) is 0 Å². The van der Waals surface area contributed by atoms with Crippen molar-refractivity contribution in [2.75, 3.05) is 38.8 Å². The minimum absolute atomic E-state index is 0.362. The van der Waals surface area contributed by atoms with E-state index in [0.29, 0.717) is 11.6 Å². The lowest BCUT2D eigenvalue weighted by atomic mass is 10.0. The third-order valence-electron chi connectivity index (χ3n) is 3.36. The summed E-state index contributed by atoms with van der Waals surface area (Å²) >= 11 is 1.54. The summed E-state index contributed by atoms with van der Waals surface area (Å²) in [4.78, 5) is 19.0. The molecule has 2 rings (SSSR count). The highest BCUT2D eigenvalue weighted by molar-refractivity contribution is 7.15. The zero-order valence-electron chi connectivity index (χ0n) is 11.6. The van der Waals surface area contributed by atoms with Crippen LogP contribution in [0.3, 0.4) is 0 Å². The van der Waals surface area contributed by atoms with Gasteiger partial charge in [0.1, 0.15) is 0 Å². The van der Waals surface area contributed by atoms with Crippen molar-refractivity contribution in [1.29, 1.82) is 0 Å². The molecule has 1 aromatic rings. The number of carbonyl (C=O) groups is 1. The number of carbonyl (C=O) groups excluding carboxylic acids is 1. The number of esters is 1. The lowest BCUT2D eigenvalue weighted by Crippen LogP contribution is -2.29. The highest BCUT2D eigenvalue weighted by Crippen LogP contribution is 2.27. The van der Waals surface area contributed by atoms with Crippen molar-refractivity contribution in [2.45, 2.75) is 19.8 Å². The van der Waals surface area contributed by atoms with E-state index in [4.69, 9.17) is 9.47 Å². The first-order valence-corrected chi connectivity index (χ1v) is 7.28. The second-order valence-electron chi connectivity index (χ2n) is 4.83. The lowest BCUT2D eigenvalue weighted by Gasteiger charge is -2.26. The largest absolute Gasteiger partial charge is 0.464 e. The van der Waals surface area contributed by atoms with E-state index in [-0.39, 0.29) is 5.97 Å². The minimum atomic E-state index is -0.362. The van der Waals surface area contributed by atoms with E-state index in [1.165, 1.54) is 18.4 Å². The molecule has 106 valence electrons. The van der Waals surface area contributed by atoms with Crippen LogP contribution in [0.25, 0.3) is 0 Å². The Kier molecular flexibility index (Phi) is 4.76. The summed E-state index contributed by atoms with van der Waals surface area (Å²) in [6.45, 7) is 4.55. The van der Waals surface area contributed by atoms with Gasteiger partial charge in [-0.05, 0) is 25.7 Å². The topological polar surface area (TPSA) is 51.7 Å². The van der Waals surface area contributed by atoms with Gasteiger partial charge in [-0.3, -0.25) is 0 Å². The van der Waals surface area contributed by atoms with Crippen molar-refractivity contribution in [2.24, 2.45) is 5.92 Å². The van der Waals surface area contributed by atoms with Gasteiger partial charge in [0.2, 0.25) is 0 Å². The fourth-order valence-corrected chi connectivity index (χ4v) is 3.09. The standard InChI is InChI=1S/C13H20N2O3S/c1-9-11(12(16)17-3)14-13(19-9)15(2)8-10-4-6-18-7-5-10/h10H,4-8H2,1-3H3. The van der Waals surface area contributed by atoms with Crippen LogP contribution in [-0.2, 0) is 9.47 Å². The molecule has 0 spiro atoms. The molecule has 1 aromatic heterocycles. The van der Waals surface area contributed by atoms with E-state index in [1.807, 2.05) is 14.0 Å². The molecule has 0 atom stereocenters. The number of methoxy groups -OCH3 is 1. The number of thiazole rings is 1. The first-order chi connectivity index (χ1) is 9.11. The molecule has 0 radical (unpaired) electrons. The number of rotatable bonds is 4. The van der Waals surface area contributed by atoms with Crippen molar-refractivity contribution in [3.05, 3.63) is 10.6 Å². The molecule has 2 heterocycles. The third-order valence-corrected chi connectivity index (χ3v) is 4.45. The fourth-order valence-electron chi connectivity index (χ4n) is 2.23. The molecule has 6 heteroatoms. The van der Waals surface area contributed by atoms with E-state index in [9.17, 15) is 4.79 Å². The first kappa shape index (κ1) is 14.3. The Morgan fingerprint density at radius 2 is 2.21 bits per heavy atom. The highest BCUT2D eigenvalue weighted by atomic mass is 32.1. The van der Waals surface area contributed by atoms with E-state index in [0.717, 1.165) is 42.6 Å². The van der Waals surface area contributed by atoms with Gasteiger partial charge < -0.3 is 14.4 Å². The second-order valence-corrected chi connectivity index (χ2v) is 6.01. The SMILES string of the molecule is COC(=O)c1nc(N(C)CC2CCOCC2)sc1C. The van der Waals surface area contributed by atoms with Gasteiger partial charge in [0.15, 0.2) is 10.8 Å². The van der Waals surface area contributed by atoms with Crippen LogP contribution < -0.4 is 4.90 Å². The number of ether oxygens (including phenoxy) is 2. The zero-order valence-corrected chi connectivity index (χ0v) is 12.5. The molecule has 0 bridgehead atoms. The summed E-state index contributed by atoms with van der Waals surface area (Å²) < 4.78 is 10.1. The van der Waals surface area contributed by atoms with Crippen molar-refractivity contribution >= 4 is 22.4 Å². The maximum Gasteiger partial charge on any atom is 0.357 e. The summed E-state index contributed by atoms with van der Waals surface area (Å²) in [6, 6.07) is 0. The van der Waals surface area contributed by atoms with Crippen molar-refractivity contribution in [1.82, 2.24) is 4.98 Å². The molecule has 0 unspecified atom stereocenters. The van der Waals surface area contributed by atoms with E-state index in [2.05, 4.69) is 9.88 Å². The van der Waals surface area contributed by atoms with Crippen molar-refractivity contribution < 1.29 is 14.3 Å². The molecule has 0 N–H and O–H groups in total. The molecular weight excluding hydrogens is 264 g/mol. The monoisotopic (exact) mass is 284 g/mol. The van der Waals surface area contributed by atoms with Crippen LogP contribution in [0.15, 0.2) is 0 Å². The molecule has 1 fully saturated rings. The molecule has 0 amide bonds. The van der Waals surface area contributed by atoms with Crippen LogP contribution in [0, 0.1) is 12.8 Å². The quantitative estimate of drug-likeness (QED) is 0.793. The number of aromatic nitrogens is 1. The number of hydrogen-bond acceptors (Lipinski definition) is 6. The Hall–Kier alpha value is -1.14. The summed E-state index contributed by atoms with van der Waals surface area (Å²) in [5.74, 6) is 0.281. The predicted molar refractivity (Wildman–Crippen MR) is 75.0 cm³/mol. The summed E-state index contributed by atoms with van der Waals surface area (Å²) in [7, 11) is 3.40. The average Bonchev–Trinajstić information content (AvgIpc) is 2.81. The van der Waals surface area contributed by atoms with Crippen molar-refractivity contribution in [3.63, 3.8) is 0 Å². The maximum absolute atomic E-state index is 11.5. The Bertz CT molecular complexity index is 441. The number of nitrogens with zero attached hydrogens (tertiary/aromatic N) is 2. The van der Waals surface area contributed by atoms with E-state index < -0.39 is 0 Å². The highest BCUT2D eigenvalue weighted by Gasteiger charge is 2.20. The minimum Gasteiger partial charge on any atom is -0.464 e. The molecule has 5 nitrogen and oxygen atoms in total. The molecule has 0 saturated carbocycles. The zero-order chi connectivity index (χ0) is 13.8. The smallest absolute Gasteiger partial charge is 0.357 e. The van der Waals surface area contributed by atoms with Gasteiger partial charge in [-0.25, -0.2) is 9.78 Å². The fraction of sp³-hybridized carbons (Fsp3) is 0.692. The summed E-state index contributed by atoms with van der Waals surface area (Å²) in [5.41, 5.74) is 0.432. The van der Waals surface area contributed by atoms with Gasteiger partial charge >= 0.3 is 5.97 Å². The van der Waals surface area contributed by atoms with Gasteiger partial charge in [0.25, 0.3) is 0 Å². The van der Waals surface area contributed by atoms with Crippen LogP contribution in [-0.4, -0.2) is 44.9 Å². The van der Waals surface area contributed by atoms with E-state index >= 15 is 0 Å². The molecule has 0 aromatic carbocycles. The molecule has 0 aliphatic carbocycles. The second kappa shape index (κ2) is 6.34. The predicted octanol–water partition coefficient (Wildman–Crippen LogP) is 2.10. The van der Waals surface area contributed by atoms with Gasteiger partial charge in [-0.15, -0.1) is 11.3 Å². The summed E-state index contributed by atoms with van der Waals surface area (Å²) in [5, 5.41) is 0.879. The normalized spacial score (nSPS) is 16.4. The molecule has 1 aliphatic rings. The number of anilines is 1. The van der Waals surface area contributed by atoms with Crippen LogP contribution in [0.5, 0.6) is 0 Å². The van der Waals surface area contributed by atoms with Crippen molar-refractivity contribution in [3.8, 4) is 0 Å². The molecule has 19 heavy (non-hydrogen) atoms. The van der Waals surface area contributed by atoms with Gasteiger partial charge in [0, 0.05) is 31.7 Å². The third kappa shape index (κ3) is 3.45. The van der Waals surface area contributed by atoms with E-state index in [1.54, 1.807) is 0 Å². The lowest BCUT2D eigenvalue weighted by molar-refractivity contribution is 0.0594. The van der Waals surface area contributed by atoms with Gasteiger partial charge in [0.05, 0.1) is 7.11 Å². The average molecular weight is 284 g/mol.